The molecule has 0 fully saturated rings. The molecule has 0 aliphatic carbocycles. The van der Waals surface area contributed by atoms with Crippen LogP contribution in [-0.2, 0) is 0 Å². The molecule has 0 aromatic heterocycles. The lowest BCUT2D eigenvalue weighted by atomic mass is 10.1. The maximum atomic E-state index is 11.5. The van der Waals surface area contributed by atoms with Crippen molar-refractivity contribution in [2.45, 2.75) is 39.0 Å². The number of unbranched alkanes of at least 4 members (excludes halogenated alkanes) is 4. The van der Waals surface area contributed by atoms with Crippen molar-refractivity contribution in [3.63, 3.8) is 0 Å². The zero-order chi connectivity index (χ0) is 9.23. The first-order valence-corrected chi connectivity index (χ1v) is 4.45. The highest BCUT2D eigenvalue weighted by Crippen LogP contribution is 2.03. The molecule has 0 amide bonds. The molecule has 0 radical (unpaired) electrons. The second kappa shape index (κ2) is 8.44. The van der Waals surface area contributed by atoms with E-state index in [0.29, 0.717) is 0 Å². The van der Waals surface area contributed by atoms with Gasteiger partial charge >= 0.3 is 0 Å². The van der Waals surface area contributed by atoms with Crippen molar-refractivity contribution >= 4 is 0 Å². The van der Waals surface area contributed by atoms with E-state index in [1.54, 1.807) is 6.08 Å². The Labute approximate surface area is 73.0 Å². The van der Waals surface area contributed by atoms with Crippen LogP contribution in [0.1, 0.15) is 39.0 Å². The van der Waals surface area contributed by atoms with Gasteiger partial charge in [0.15, 0.2) is 0 Å². The van der Waals surface area contributed by atoms with Gasteiger partial charge in [-0.2, -0.15) is 8.78 Å². The van der Waals surface area contributed by atoms with E-state index in [4.69, 9.17) is 0 Å². The van der Waals surface area contributed by atoms with Crippen molar-refractivity contribution in [3.8, 4) is 0 Å². The highest BCUT2D eigenvalue weighted by atomic mass is 19.3. The third-order valence-electron chi connectivity index (χ3n) is 1.58. The molecular weight excluding hydrogens is 158 g/mol. The molecule has 0 rings (SSSR count). The Bertz CT molecular complexity index is 144. The third-order valence-corrected chi connectivity index (χ3v) is 1.58. The van der Waals surface area contributed by atoms with Gasteiger partial charge in [0.2, 0.25) is 0 Å². The number of rotatable bonds is 6. The molecule has 0 atom stereocenters. The summed E-state index contributed by atoms with van der Waals surface area (Å²) in [5.41, 5.74) is 0. The van der Waals surface area contributed by atoms with Crippen LogP contribution in [0.25, 0.3) is 0 Å². The van der Waals surface area contributed by atoms with Gasteiger partial charge in [-0.15, -0.1) is 0 Å². The van der Waals surface area contributed by atoms with Crippen molar-refractivity contribution in [1.29, 1.82) is 0 Å². The molecule has 0 saturated carbocycles. The van der Waals surface area contributed by atoms with E-state index in [9.17, 15) is 8.78 Å². The van der Waals surface area contributed by atoms with Crippen LogP contribution in [0.3, 0.4) is 0 Å². The third kappa shape index (κ3) is 9.34. The summed E-state index contributed by atoms with van der Waals surface area (Å²) in [5, 5.41) is 0. The van der Waals surface area contributed by atoms with Crippen molar-refractivity contribution in [3.05, 3.63) is 24.3 Å². The summed E-state index contributed by atoms with van der Waals surface area (Å²) in [6, 6.07) is 0. The smallest absolute Gasteiger partial charge is 0.173 e. The van der Waals surface area contributed by atoms with Gasteiger partial charge in [-0.25, -0.2) is 0 Å². The lowest BCUT2D eigenvalue weighted by Crippen LogP contribution is -1.73. The summed E-state index contributed by atoms with van der Waals surface area (Å²) >= 11 is 0. The van der Waals surface area contributed by atoms with Gasteiger partial charge in [-0.3, -0.25) is 0 Å². The Morgan fingerprint density at radius 1 is 1.17 bits per heavy atom. The molecule has 0 aromatic rings. The monoisotopic (exact) mass is 174 g/mol. The second-order valence-electron chi connectivity index (χ2n) is 2.73. The fourth-order valence-electron chi connectivity index (χ4n) is 0.926. The first-order valence-electron chi connectivity index (χ1n) is 4.45. The van der Waals surface area contributed by atoms with Gasteiger partial charge < -0.3 is 0 Å². The van der Waals surface area contributed by atoms with Crippen LogP contribution in [0.4, 0.5) is 8.78 Å². The molecule has 0 N–H and O–H groups in total. The molecule has 0 saturated heterocycles. The fraction of sp³-hybridized carbons (Fsp3) is 0.600. The SMILES string of the molecule is CCCCCCC=CC=C(F)F. The first-order chi connectivity index (χ1) is 5.77. The number of halogens is 2. The van der Waals surface area contributed by atoms with E-state index >= 15 is 0 Å². The van der Waals surface area contributed by atoms with Gasteiger partial charge in [0, 0.05) is 6.08 Å². The maximum absolute atomic E-state index is 11.5. The number of hydrogen-bond donors (Lipinski definition) is 0. The van der Waals surface area contributed by atoms with Crippen molar-refractivity contribution in [2.24, 2.45) is 0 Å². The van der Waals surface area contributed by atoms with Crippen LogP contribution >= 0.6 is 0 Å². The lowest BCUT2D eigenvalue weighted by Gasteiger charge is -1.92. The Morgan fingerprint density at radius 2 is 1.92 bits per heavy atom. The normalized spacial score (nSPS) is 10.6. The standard InChI is InChI=1S/C10H16F2/c1-2-3-4-5-6-7-8-9-10(11)12/h7-9H,2-6H2,1H3. The van der Waals surface area contributed by atoms with E-state index in [1.807, 2.05) is 0 Å². The van der Waals surface area contributed by atoms with E-state index in [-0.39, 0.29) is 0 Å². The van der Waals surface area contributed by atoms with E-state index in [2.05, 4.69) is 6.92 Å². The second-order valence-corrected chi connectivity index (χ2v) is 2.73. The molecule has 0 unspecified atom stereocenters. The predicted molar refractivity (Wildman–Crippen MR) is 48.2 cm³/mol. The summed E-state index contributed by atoms with van der Waals surface area (Å²) in [4.78, 5) is 0. The predicted octanol–water partition coefficient (Wildman–Crippen LogP) is 4.29. The van der Waals surface area contributed by atoms with Gasteiger partial charge in [0.05, 0.1) is 0 Å². The number of allylic oxidation sites excluding steroid dienone is 3. The molecule has 0 heterocycles. The van der Waals surface area contributed by atoms with Crippen molar-refractivity contribution in [2.75, 3.05) is 0 Å². The Balaban J connectivity index is 3.19. The first kappa shape index (κ1) is 11.3. The van der Waals surface area contributed by atoms with Crippen LogP contribution in [-0.4, -0.2) is 0 Å². The van der Waals surface area contributed by atoms with Crippen molar-refractivity contribution < 1.29 is 8.78 Å². The van der Waals surface area contributed by atoms with Crippen LogP contribution in [0.2, 0.25) is 0 Å². The average Bonchev–Trinajstić information content (AvgIpc) is 2.02. The highest BCUT2D eigenvalue weighted by molar-refractivity contribution is 5.02. The fourth-order valence-corrected chi connectivity index (χ4v) is 0.926. The van der Waals surface area contributed by atoms with Crippen LogP contribution in [0, 0.1) is 0 Å². The molecule has 0 nitrogen and oxygen atoms in total. The highest BCUT2D eigenvalue weighted by Gasteiger charge is 1.84. The summed E-state index contributed by atoms with van der Waals surface area (Å²) in [7, 11) is 0. The van der Waals surface area contributed by atoms with Crippen LogP contribution in [0.5, 0.6) is 0 Å². The van der Waals surface area contributed by atoms with Crippen LogP contribution < -0.4 is 0 Å². The molecule has 0 aliphatic rings. The molecular formula is C10H16F2. The molecule has 2 heteroatoms. The minimum atomic E-state index is -1.63. The summed E-state index contributed by atoms with van der Waals surface area (Å²) < 4.78 is 22.9. The van der Waals surface area contributed by atoms with Gasteiger partial charge in [0.1, 0.15) is 0 Å². The van der Waals surface area contributed by atoms with E-state index < -0.39 is 6.08 Å². The summed E-state index contributed by atoms with van der Waals surface area (Å²) in [6.07, 6.45) is 8.07. The van der Waals surface area contributed by atoms with Crippen molar-refractivity contribution in [1.82, 2.24) is 0 Å². The topological polar surface area (TPSA) is 0 Å². The minimum absolute atomic E-state index is 0.833. The van der Waals surface area contributed by atoms with Gasteiger partial charge in [-0.05, 0) is 12.8 Å². The minimum Gasteiger partial charge on any atom is -0.173 e. The quantitative estimate of drug-likeness (QED) is 0.416. The molecule has 0 aromatic carbocycles. The zero-order valence-corrected chi connectivity index (χ0v) is 7.52. The van der Waals surface area contributed by atoms with E-state index in [1.165, 1.54) is 25.3 Å². The largest absolute Gasteiger partial charge is 0.270 e. The zero-order valence-electron chi connectivity index (χ0n) is 7.52. The Hall–Kier alpha value is -0.660. The Morgan fingerprint density at radius 3 is 2.50 bits per heavy atom. The van der Waals surface area contributed by atoms with Gasteiger partial charge in [-0.1, -0.05) is 38.3 Å². The molecule has 12 heavy (non-hydrogen) atoms. The lowest BCUT2D eigenvalue weighted by molar-refractivity contribution is 0.422. The summed E-state index contributed by atoms with van der Waals surface area (Å²) in [5.74, 6) is 0. The van der Waals surface area contributed by atoms with Gasteiger partial charge in [0.25, 0.3) is 6.08 Å². The van der Waals surface area contributed by atoms with Crippen LogP contribution in [0.15, 0.2) is 24.3 Å². The van der Waals surface area contributed by atoms with E-state index in [0.717, 1.165) is 18.9 Å². The number of hydrogen-bond acceptors (Lipinski definition) is 0. The summed E-state index contributed by atoms with van der Waals surface area (Å²) in [6.45, 7) is 2.15. The average molecular weight is 174 g/mol. The maximum Gasteiger partial charge on any atom is 0.270 e. The molecule has 0 aliphatic heterocycles. The Kier molecular flexibility index (Phi) is 7.97. The molecule has 0 spiro atoms. The molecule has 0 bridgehead atoms. The molecule has 70 valence electrons.